The lowest BCUT2D eigenvalue weighted by Gasteiger charge is -2.14. The van der Waals surface area contributed by atoms with Crippen LogP contribution in [-0.2, 0) is 4.74 Å². The van der Waals surface area contributed by atoms with Gasteiger partial charge in [-0.25, -0.2) is 4.79 Å². The van der Waals surface area contributed by atoms with Crippen LogP contribution in [0.2, 0.25) is 0 Å². The largest absolute Gasteiger partial charge is 0.394 e. The van der Waals surface area contributed by atoms with Crippen molar-refractivity contribution in [3.05, 3.63) is 26.9 Å². The lowest BCUT2D eigenvalue weighted by molar-refractivity contribution is -0.0459. The van der Waals surface area contributed by atoms with Gasteiger partial charge in [-0.05, 0) is 6.92 Å². The standard InChI is InChI=1S/C10H14N2O4S/c1-5-3-12(10(15)11-9(5)17)8-2-6(14)7(4-13)16-8/h3,6-8,13-14H,2,4H2,1H3,(H,11,15,17)/t6-,7+,8-/m1/s1. The molecule has 1 aliphatic rings. The molecule has 3 N–H and O–H groups in total. The summed E-state index contributed by atoms with van der Waals surface area (Å²) in [6.07, 6.45) is -0.107. The maximum Gasteiger partial charge on any atom is 0.328 e. The molecular weight excluding hydrogens is 244 g/mol. The first-order valence-electron chi connectivity index (χ1n) is 5.29. The van der Waals surface area contributed by atoms with Gasteiger partial charge in [-0.15, -0.1) is 0 Å². The zero-order valence-corrected chi connectivity index (χ0v) is 10.1. The summed E-state index contributed by atoms with van der Waals surface area (Å²) in [4.78, 5) is 14.2. The number of hydrogen-bond acceptors (Lipinski definition) is 5. The Morgan fingerprint density at radius 1 is 1.71 bits per heavy atom. The Balaban J connectivity index is 2.34. The lowest BCUT2D eigenvalue weighted by atomic mass is 10.2. The summed E-state index contributed by atoms with van der Waals surface area (Å²) in [5.41, 5.74) is 0.376. The third-order valence-corrected chi connectivity index (χ3v) is 3.26. The van der Waals surface area contributed by atoms with E-state index in [-0.39, 0.29) is 18.7 Å². The van der Waals surface area contributed by atoms with Crippen LogP contribution in [0, 0.1) is 11.6 Å². The quantitative estimate of drug-likeness (QED) is 0.642. The van der Waals surface area contributed by atoms with Crippen molar-refractivity contribution in [3.63, 3.8) is 0 Å². The summed E-state index contributed by atoms with van der Waals surface area (Å²) in [6.45, 7) is 1.51. The van der Waals surface area contributed by atoms with Crippen LogP contribution in [0.1, 0.15) is 18.2 Å². The molecular formula is C10H14N2O4S. The maximum absolute atomic E-state index is 11.7. The number of H-pyrrole nitrogens is 1. The number of rotatable bonds is 2. The van der Waals surface area contributed by atoms with E-state index in [1.807, 2.05) is 0 Å². The Hall–Kier alpha value is -1.02. The van der Waals surface area contributed by atoms with Crippen LogP contribution in [0.4, 0.5) is 0 Å². The van der Waals surface area contributed by atoms with Crippen molar-refractivity contribution in [1.82, 2.24) is 9.55 Å². The minimum Gasteiger partial charge on any atom is -0.394 e. The van der Waals surface area contributed by atoms with Gasteiger partial charge in [-0.1, -0.05) is 12.2 Å². The van der Waals surface area contributed by atoms with Gasteiger partial charge >= 0.3 is 5.69 Å². The average molecular weight is 258 g/mol. The zero-order valence-electron chi connectivity index (χ0n) is 9.29. The molecule has 0 bridgehead atoms. The molecule has 6 nitrogen and oxygen atoms in total. The van der Waals surface area contributed by atoms with Gasteiger partial charge in [0, 0.05) is 18.2 Å². The van der Waals surface area contributed by atoms with Crippen LogP contribution in [0.3, 0.4) is 0 Å². The van der Waals surface area contributed by atoms with Gasteiger partial charge in [0.05, 0.1) is 12.7 Å². The molecule has 1 saturated heterocycles. The van der Waals surface area contributed by atoms with Crippen LogP contribution in [-0.4, -0.2) is 38.6 Å². The third kappa shape index (κ3) is 2.32. The second-order valence-corrected chi connectivity index (χ2v) is 4.50. The summed E-state index contributed by atoms with van der Waals surface area (Å²) in [7, 11) is 0. The number of nitrogens with zero attached hydrogens (tertiary/aromatic N) is 1. The minimum atomic E-state index is -0.764. The molecule has 2 rings (SSSR count). The Morgan fingerprint density at radius 3 is 3.00 bits per heavy atom. The van der Waals surface area contributed by atoms with Crippen molar-refractivity contribution in [2.24, 2.45) is 0 Å². The number of aromatic nitrogens is 2. The molecule has 0 aromatic carbocycles. The normalized spacial score (nSPS) is 28.5. The molecule has 0 aliphatic carbocycles. The Morgan fingerprint density at radius 2 is 2.41 bits per heavy atom. The molecule has 1 fully saturated rings. The highest BCUT2D eigenvalue weighted by atomic mass is 32.1. The molecule has 3 atom stereocenters. The molecule has 0 unspecified atom stereocenters. The van der Waals surface area contributed by atoms with Gasteiger partial charge in [0.2, 0.25) is 0 Å². The number of nitrogens with one attached hydrogen (secondary N) is 1. The molecule has 17 heavy (non-hydrogen) atoms. The summed E-state index contributed by atoms with van der Waals surface area (Å²) in [5, 5.41) is 18.6. The molecule has 0 amide bonds. The van der Waals surface area contributed by atoms with Gasteiger partial charge in [0.25, 0.3) is 0 Å². The van der Waals surface area contributed by atoms with Crippen molar-refractivity contribution < 1.29 is 14.9 Å². The second kappa shape index (κ2) is 4.69. The monoisotopic (exact) mass is 258 g/mol. The minimum absolute atomic E-state index is 0.270. The van der Waals surface area contributed by atoms with E-state index in [2.05, 4.69) is 4.98 Å². The number of aliphatic hydroxyl groups excluding tert-OH is 2. The molecule has 0 spiro atoms. The summed E-state index contributed by atoms with van der Waals surface area (Å²) in [6, 6.07) is 0. The van der Waals surface area contributed by atoms with Crippen molar-refractivity contribution in [2.45, 2.75) is 31.8 Å². The van der Waals surface area contributed by atoms with E-state index >= 15 is 0 Å². The van der Waals surface area contributed by atoms with Gasteiger partial charge in [0.15, 0.2) is 0 Å². The first-order chi connectivity index (χ1) is 8.02. The van der Waals surface area contributed by atoms with Crippen LogP contribution in [0.5, 0.6) is 0 Å². The Labute approximate surface area is 102 Å². The van der Waals surface area contributed by atoms with Gasteiger partial charge in [-0.2, -0.15) is 0 Å². The summed E-state index contributed by atoms with van der Waals surface area (Å²) < 4.78 is 7.14. The molecule has 0 saturated carbocycles. The van der Waals surface area contributed by atoms with Crippen LogP contribution >= 0.6 is 12.2 Å². The van der Waals surface area contributed by atoms with E-state index in [9.17, 15) is 9.90 Å². The SMILES string of the molecule is Cc1cn([C@H]2C[C@@H](O)[C@H](CO)O2)c(=O)[nH]c1=S. The fourth-order valence-electron chi connectivity index (χ4n) is 1.85. The van der Waals surface area contributed by atoms with E-state index in [0.717, 1.165) is 5.56 Å². The molecule has 1 aliphatic heterocycles. The Bertz CT molecular complexity index is 524. The summed E-state index contributed by atoms with van der Waals surface area (Å²) in [5.74, 6) is 0. The van der Waals surface area contributed by atoms with E-state index < -0.39 is 18.4 Å². The lowest BCUT2D eigenvalue weighted by Crippen LogP contribution is -2.28. The average Bonchev–Trinajstić information content (AvgIpc) is 2.65. The topological polar surface area (TPSA) is 87.5 Å². The van der Waals surface area contributed by atoms with Gasteiger partial charge < -0.3 is 14.9 Å². The fraction of sp³-hybridized carbons (Fsp3) is 0.600. The number of ether oxygens (including phenoxy) is 1. The fourth-order valence-corrected chi connectivity index (χ4v) is 1.99. The second-order valence-electron chi connectivity index (χ2n) is 4.09. The number of aryl methyl sites for hydroxylation is 1. The molecule has 1 aromatic rings. The predicted octanol–water partition coefficient (Wildman–Crippen LogP) is -0.145. The van der Waals surface area contributed by atoms with E-state index in [4.69, 9.17) is 22.1 Å². The van der Waals surface area contributed by atoms with Crippen molar-refractivity contribution in [3.8, 4) is 0 Å². The van der Waals surface area contributed by atoms with Crippen LogP contribution in [0.25, 0.3) is 0 Å². The van der Waals surface area contributed by atoms with Crippen LogP contribution < -0.4 is 5.69 Å². The summed E-state index contributed by atoms with van der Waals surface area (Å²) >= 11 is 4.95. The zero-order chi connectivity index (χ0) is 12.6. The molecule has 94 valence electrons. The number of aliphatic hydroxyl groups is 2. The van der Waals surface area contributed by atoms with Crippen LogP contribution in [0.15, 0.2) is 11.0 Å². The molecule has 0 radical (unpaired) electrons. The number of hydrogen-bond donors (Lipinski definition) is 3. The smallest absolute Gasteiger partial charge is 0.328 e. The predicted molar refractivity (Wildman–Crippen MR) is 62.2 cm³/mol. The van der Waals surface area contributed by atoms with Crippen molar-refractivity contribution in [1.29, 1.82) is 0 Å². The first-order valence-corrected chi connectivity index (χ1v) is 5.70. The Kier molecular flexibility index (Phi) is 3.43. The maximum atomic E-state index is 11.7. The van der Waals surface area contributed by atoms with Gasteiger partial charge in [0.1, 0.15) is 17.0 Å². The van der Waals surface area contributed by atoms with E-state index in [1.54, 1.807) is 13.1 Å². The van der Waals surface area contributed by atoms with E-state index in [1.165, 1.54) is 4.57 Å². The van der Waals surface area contributed by atoms with Crippen molar-refractivity contribution >= 4 is 12.2 Å². The highest BCUT2D eigenvalue weighted by Crippen LogP contribution is 2.27. The number of aromatic amines is 1. The first kappa shape index (κ1) is 12.4. The molecule has 2 heterocycles. The molecule has 7 heteroatoms. The van der Waals surface area contributed by atoms with Crippen molar-refractivity contribution in [2.75, 3.05) is 6.61 Å². The van der Waals surface area contributed by atoms with Gasteiger partial charge in [-0.3, -0.25) is 9.55 Å². The third-order valence-electron chi connectivity index (χ3n) is 2.84. The highest BCUT2D eigenvalue weighted by molar-refractivity contribution is 7.71. The van der Waals surface area contributed by atoms with E-state index in [0.29, 0.717) is 4.64 Å². The highest BCUT2D eigenvalue weighted by Gasteiger charge is 2.34. The molecule has 1 aromatic heterocycles.